The fourth-order valence-corrected chi connectivity index (χ4v) is 1.53. The van der Waals surface area contributed by atoms with E-state index in [4.69, 9.17) is 0 Å². The van der Waals surface area contributed by atoms with Crippen molar-refractivity contribution in [2.45, 2.75) is 34.6 Å². The van der Waals surface area contributed by atoms with E-state index < -0.39 is 0 Å². The summed E-state index contributed by atoms with van der Waals surface area (Å²) in [4.78, 5) is 11.5. The fourth-order valence-electron chi connectivity index (χ4n) is 1.53. The number of aryl methyl sites for hydroxylation is 2. The molecule has 2 aromatic rings. The van der Waals surface area contributed by atoms with Crippen molar-refractivity contribution in [3.05, 3.63) is 46.2 Å². The van der Waals surface area contributed by atoms with E-state index >= 15 is 0 Å². The zero-order chi connectivity index (χ0) is 13.4. The molecule has 17 heavy (non-hydrogen) atoms. The highest BCUT2D eigenvalue weighted by molar-refractivity contribution is 5.78. The number of pyridine rings is 1. The van der Waals surface area contributed by atoms with E-state index in [1.54, 1.807) is 6.07 Å². The Balaban J connectivity index is 0.000000581. The van der Waals surface area contributed by atoms with Crippen molar-refractivity contribution >= 4 is 10.9 Å². The zero-order valence-corrected chi connectivity index (χ0v) is 11.7. The fraction of sp³-hybridized carbons (Fsp3) is 0.400. The first kappa shape index (κ1) is 15.4. The smallest absolute Gasteiger partial charge is 0.189 e. The number of fused-ring (bicyclic) bond motifs is 1. The molecule has 0 aliphatic rings. The van der Waals surface area contributed by atoms with Crippen LogP contribution in [0.3, 0.4) is 0 Å². The lowest BCUT2D eigenvalue weighted by molar-refractivity contribution is 0.898. The van der Waals surface area contributed by atoms with Crippen LogP contribution in [0.25, 0.3) is 10.9 Å². The molecule has 0 saturated heterocycles. The maximum absolute atomic E-state index is 11.5. The zero-order valence-electron chi connectivity index (χ0n) is 11.7. The molecule has 0 bridgehead atoms. The lowest BCUT2D eigenvalue weighted by Gasteiger charge is -2.07. The van der Waals surface area contributed by atoms with Crippen LogP contribution >= 0.6 is 0 Å². The summed E-state index contributed by atoms with van der Waals surface area (Å²) in [5.41, 5.74) is 2.09. The van der Waals surface area contributed by atoms with Crippen molar-refractivity contribution in [3.63, 3.8) is 0 Å². The molecule has 0 aliphatic carbocycles. The van der Waals surface area contributed by atoms with Gasteiger partial charge in [0.1, 0.15) is 0 Å². The first-order chi connectivity index (χ1) is 8.20. The Morgan fingerprint density at radius 1 is 1.00 bits per heavy atom. The molecular formula is C15H23NO. The molecule has 2 heteroatoms. The monoisotopic (exact) mass is 233 g/mol. The second-order valence-electron chi connectivity index (χ2n) is 3.23. The van der Waals surface area contributed by atoms with Crippen molar-refractivity contribution in [3.8, 4) is 0 Å². The van der Waals surface area contributed by atoms with Crippen LogP contribution in [0.2, 0.25) is 0 Å². The van der Waals surface area contributed by atoms with Crippen LogP contribution in [0.5, 0.6) is 0 Å². The van der Waals surface area contributed by atoms with Crippen LogP contribution in [0.15, 0.2) is 35.1 Å². The number of aromatic nitrogens is 1. The minimum absolute atomic E-state index is 0.103. The number of hydrogen-bond acceptors (Lipinski definition) is 1. The summed E-state index contributed by atoms with van der Waals surface area (Å²) >= 11 is 0. The Labute approximate surface area is 104 Å². The maximum Gasteiger partial charge on any atom is 0.189 e. The molecule has 0 radical (unpaired) electrons. The van der Waals surface area contributed by atoms with Gasteiger partial charge in [-0.3, -0.25) is 4.79 Å². The molecule has 1 heterocycles. The van der Waals surface area contributed by atoms with Crippen molar-refractivity contribution in [1.82, 2.24) is 4.57 Å². The third-order valence-corrected chi connectivity index (χ3v) is 2.40. The van der Waals surface area contributed by atoms with E-state index in [9.17, 15) is 4.79 Å². The van der Waals surface area contributed by atoms with E-state index in [0.717, 1.165) is 16.6 Å². The number of nitrogens with zero attached hydrogens (tertiary/aromatic N) is 1. The van der Waals surface area contributed by atoms with Crippen molar-refractivity contribution in [2.24, 2.45) is 7.05 Å². The van der Waals surface area contributed by atoms with Gasteiger partial charge in [0.15, 0.2) is 5.43 Å². The molecular weight excluding hydrogens is 210 g/mol. The van der Waals surface area contributed by atoms with Gasteiger partial charge in [-0.05, 0) is 19.1 Å². The van der Waals surface area contributed by atoms with Crippen molar-refractivity contribution < 1.29 is 0 Å². The number of hydrogen-bond donors (Lipinski definition) is 0. The van der Waals surface area contributed by atoms with Gasteiger partial charge in [0.2, 0.25) is 0 Å². The van der Waals surface area contributed by atoms with E-state index in [2.05, 4.69) is 0 Å². The summed E-state index contributed by atoms with van der Waals surface area (Å²) in [5, 5.41) is 0.788. The molecule has 2 nitrogen and oxygen atoms in total. The summed E-state index contributed by atoms with van der Waals surface area (Å²) in [6, 6.07) is 9.32. The molecule has 94 valence electrons. The highest BCUT2D eigenvalue weighted by atomic mass is 16.1. The average Bonchev–Trinajstić information content (AvgIpc) is 2.41. The molecule has 1 aromatic heterocycles. The minimum atomic E-state index is 0.103. The Hall–Kier alpha value is -1.57. The molecule has 0 aliphatic heterocycles. The van der Waals surface area contributed by atoms with Gasteiger partial charge in [-0.2, -0.15) is 0 Å². The Morgan fingerprint density at radius 3 is 2.12 bits per heavy atom. The summed E-state index contributed by atoms with van der Waals surface area (Å²) in [5.74, 6) is 0. The van der Waals surface area contributed by atoms with Gasteiger partial charge in [0.05, 0.1) is 5.52 Å². The van der Waals surface area contributed by atoms with Crippen molar-refractivity contribution in [2.75, 3.05) is 0 Å². The molecule has 0 amide bonds. The predicted molar refractivity (Wildman–Crippen MR) is 76.6 cm³/mol. The van der Waals surface area contributed by atoms with Gasteiger partial charge in [-0.15, -0.1) is 0 Å². The van der Waals surface area contributed by atoms with Crippen LogP contribution in [0.1, 0.15) is 33.4 Å². The summed E-state index contributed by atoms with van der Waals surface area (Å²) in [6.07, 6.45) is 0. The normalized spacial score (nSPS) is 8.82. The first-order valence-electron chi connectivity index (χ1n) is 6.25. The second kappa shape index (κ2) is 7.66. The Kier molecular flexibility index (Phi) is 6.95. The van der Waals surface area contributed by atoms with E-state index in [1.165, 1.54) is 0 Å². The second-order valence-corrected chi connectivity index (χ2v) is 3.23. The lowest BCUT2D eigenvalue weighted by Crippen LogP contribution is -2.08. The van der Waals surface area contributed by atoms with Gasteiger partial charge in [0.25, 0.3) is 0 Å². The predicted octanol–water partition coefficient (Wildman–Crippen LogP) is 3.90. The highest BCUT2D eigenvalue weighted by Crippen LogP contribution is 2.09. The van der Waals surface area contributed by atoms with Gasteiger partial charge in [-0.1, -0.05) is 39.8 Å². The van der Waals surface area contributed by atoms with Gasteiger partial charge in [-0.25, -0.2) is 0 Å². The van der Waals surface area contributed by atoms with Crippen LogP contribution < -0.4 is 5.43 Å². The number of benzene rings is 1. The van der Waals surface area contributed by atoms with Gasteiger partial charge < -0.3 is 4.57 Å². The van der Waals surface area contributed by atoms with Gasteiger partial charge in [0, 0.05) is 24.2 Å². The molecule has 2 rings (SSSR count). The van der Waals surface area contributed by atoms with Gasteiger partial charge >= 0.3 is 0 Å². The largest absolute Gasteiger partial charge is 0.348 e. The van der Waals surface area contributed by atoms with E-state index in [-0.39, 0.29) is 5.43 Å². The molecule has 0 spiro atoms. The third kappa shape index (κ3) is 3.45. The van der Waals surface area contributed by atoms with Crippen LogP contribution in [0, 0.1) is 6.92 Å². The molecule has 0 saturated carbocycles. The first-order valence-corrected chi connectivity index (χ1v) is 6.25. The van der Waals surface area contributed by atoms with Crippen LogP contribution in [0.4, 0.5) is 0 Å². The van der Waals surface area contributed by atoms with E-state index in [0.29, 0.717) is 0 Å². The van der Waals surface area contributed by atoms with Crippen LogP contribution in [-0.2, 0) is 7.05 Å². The molecule has 0 fully saturated rings. The molecule has 1 aromatic carbocycles. The number of para-hydroxylation sites is 1. The molecule has 0 N–H and O–H groups in total. The van der Waals surface area contributed by atoms with Crippen LogP contribution in [-0.4, -0.2) is 4.57 Å². The molecule has 0 atom stereocenters. The average molecular weight is 233 g/mol. The maximum atomic E-state index is 11.5. The molecule has 0 unspecified atom stereocenters. The summed E-state index contributed by atoms with van der Waals surface area (Å²) in [6.45, 7) is 9.94. The topological polar surface area (TPSA) is 22.0 Å². The third-order valence-electron chi connectivity index (χ3n) is 2.40. The van der Waals surface area contributed by atoms with E-state index in [1.807, 2.05) is 70.5 Å². The summed E-state index contributed by atoms with van der Waals surface area (Å²) in [7, 11) is 1.97. The standard InChI is InChI=1S/C11H11NO.2C2H6/c1-8-7-11(13)9-5-3-4-6-10(9)12(8)2;2*1-2/h3-7H,1-2H3;2*1-2H3. The lowest BCUT2D eigenvalue weighted by atomic mass is 10.2. The van der Waals surface area contributed by atoms with Crippen molar-refractivity contribution in [1.29, 1.82) is 0 Å². The quantitative estimate of drug-likeness (QED) is 0.676. The Morgan fingerprint density at radius 2 is 1.53 bits per heavy atom. The summed E-state index contributed by atoms with van der Waals surface area (Å²) < 4.78 is 2.02. The SMILES string of the molecule is CC.CC.Cc1cc(=O)c2ccccc2n1C. The highest BCUT2D eigenvalue weighted by Gasteiger charge is 2.00. The minimum Gasteiger partial charge on any atom is -0.348 e. The Bertz CT molecular complexity index is 512. The number of rotatable bonds is 0.